The zero-order chi connectivity index (χ0) is 14.1. The van der Waals surface area contributed by atoms with Crippen LogP contribution in [0.2, 0.25) is 5.02 Å². The molecule has 108 valence electrons. The number of hydrogen-bond acceptors (Lipinski definition) is 2. The van der Waals surface area contributed by atoms with Gasteiger partial charge in [-0.25, -0.2) is 0 Å². The van der Waals surface area contributed by atoms with Crippen molar-refractivity contribution < 1.29 is 9.47 Å². The maximum absolute atomic E-state index is 6.23. The number of alkyl halides is 1. The lowest BCUT2D eigenvalue weighted by Gasteiger charge is -2.13. The Kier molecular flexibility index (Phi) is 8.31. The first-order valence-corrected chi connectivity index (χ1v) is 8.28. The van der Waals surface area contributed by atoms with E-state index in [-0.39, 0.29) is 0 Å². The van der Waals surface area contributed by atoms with Gasteiger partial charge in [-0.3, -0.25) is 0 Å². The summed E-state index contributed by atoms with van der Waals surface area (Å²) in [5.41, 5.74) is 1.08. The molecule has 0 heterocycles. The molecule has 1 rings (SSSR count). The van der Waals surface area contributed by atoms with Crippen molar-refractivity contribution in [2.75, 3.05) is 13.7 Å². The molecule has 19 heavy (non-hydrogen) atoms. The van der Waals surface area contributed by atoms with Gasteiger partial charge in [0.1, 0.15) is 0 Å². The number of halogens is 2. The summed E-state index contributed by atoms with van der Waals surface area (Å²) in [5, 5.41) is 1.36. The van der Waals surface area contributed by atoms with Crippen LogP contribution in [0.4, 0.5) is 0 Å². The van der Waals surface area contributed by atoms with Crippen LogP contribution in [0, 0.1) is 0 Å². The Labute approximate surface area is 129 Å². The Morgan fingerprint density at radius 1 is 1.16 bits per heavy atom. The van der Waals surface area contributed by atoms with Gasteiger partial charge in [0.2, 0.25) is 0 Å². The molecule has 0 spiro atoms. The molecule has 0 N–H and O–H groups in total. The topological polar surface area (TPSA) is 18.5 Å². The number of hydrogen-bond donors (Lipinski definition) is 0. The van der Waals surface area contributed by atoms with Crippen LogP contribution in [0.15, 0.2) is 12.1 Å². The van der Waals surface area contributed by atoms with E-state index in [0.29, 0.717) is 23.1 Å². The molecule has 2 nitrogen and oxygen atoms in total. The first-order valence-electron chi connectivity index (χ1n) is 6.78. The van der Waals surface area contributed by atoms with E-state index < -0.39 is 0 Å². The largest absolute Gasteiger partial charge is 0.493 e. The second kappa shape index (κ2) is 9.49. The van der Waals surface area contributed by atoms with Crippen LogP contribution in [-0.4, -0.2) is 13.7 Å². The third-order valence-corrected chi connectivity index (χ3v) is 3.87. The molecule has 4 heteroatoms. The number of benzene rings is 1. The lowest BCUT2D eigenvalue weighted by Crippen LogP contribution is -2.00. The van der Waals surface area contributed by atoms with Crippen LogP contribution in [0.1, 0.15) is 44.6 Å². The van der Waals surface area contributed by atoms with Gasteiger partial charge >= 0.3 is 0 Å². The predicted molar refractivity (Wildman–Crippen MR) is 84.9 cm³/mol. The monoisotopic (exact) mass is 348 g/mol. The van der Waals surface area contributed by atoms with Crippen molar-refractivity contribution in [1.29, 1.82) is 0 Å². The fourth-order valence-electron chi connectivity index (χ4n) is 1.87. The summed E-state index contributed by atoms with van der Waals surface area (Å²) >= 11 is 9.64. The summed E-state index contributed by atoms with van der Waals surface area (Å²) in [6.07, 6.45) is 6.08. The molecule has 0 aliphatic carbocycles. The van der Waals surface area contributed by atoms with E-state index in [1.807, 2.05) is 12.1 Å². The second-order valence-electron chi connectivity index (χ2n) is 4.51. The molecule has 0 aliphatic rings. The first kappa shape index (κ1) is 16.6. The van der Waals surface area contributed by atoms with E-state index in [1.54, 1.807) is 7.11 Å². The normalized spacial score (nSPS) is 10.5. The molecular weight excluding hydrogens is 328 g/mol. The SMILES string of the molecule is CCCCCCCOc1c(Cl)cc(CBr)cc1OC. The molecule has 0 amide bonds. The van der Waals surface area contributed by atoms with Gasteiger partial charge in [-0.15, -0.1) is 0 Å². The lowest BCUT2D eigenvalue weighted by molar-refractivity contribution is 0.285. The van der Waals surface area contributed by atoms with Gasteiger partial charge in [0.15, 0.2) is 11.5 Å². The lowest BCUT2D eigenvalue weighted by atomic mass is 10.2. The Bertz CT molecular complexity index is 383. The van der Waals surface area contributed by atoms with Gasteiger partial charge < -0.3 is 9.47 Å². The molecule has 0 fully saturated rings. The number of methoxy groups -OCH3 is 1. The minimum atomic E-state index is 0.613. The average Bonchev–Trinajstić information content (AvgIpc) is 2.43. The van der Waals surface area contributed by atoms with Gasteiger partial charge in [0, 0.05) is 5.33 Å². The van der Waals surface area contributed by atoms with Crippen molar-refractivity contribution in [3.63, 3.8) is 0 Å². The third kappa shape index (κ3) is 5.62. The summed E-state index contributed by atoms with van der Waals surface area (Å²) in [7, 11) is 1.64. The van der Waals surface area contributed by atoms with Crippen LogP contribution in [0.3, 0.4) is 0 Å². The van der Waals surface area contributed by atoms with Crippen LogP contribution in [0.5, 0.6) is 11.5 Å². The Balaban J connectivity index is 2.52. The second-order valence-corrected chi connectivity index (χ2v) is 5.47. The number of unbranched alkanes of at least 4 members (excludes halogenated alkanes) is 4. The molecular formula is C15H22BrClO2. The Morgan fingerprint density at radius 3 is 2.53 bits per heavy atom. The number of ether oxygens (including phenoxy) is 2. The van der Waals surface area contributed by atoms with Crippen LogP contribution in [-0.2, 0) is 5.33 Å². The summed E-state index contributed by atoms with van der Waals surface area (Å²) < 4.78 is 11.1. The van der Waals surface area contributed by atoms with Gasteiger partial charge in [-0.05, 0) is 24.1 Å². The zero-order valence-corrected chi connectivity index (χ0v) is 14.0. The molecule has 0 aromatic heterocycles. The summed E-state index contributed by atoms with van der Waals surface area (Å²) in [5.74, 6) is 1.36. The summed E-state index contributed by atoms with van der Waals surface area (Å²) in [4.78, 5) is 0. The highest BCUT2D eigenvalue weighted by atomic mass is 79.9. The van der Waals surface area contributed by atoms with Crippen LogP contribution in [0.25, 0.3) is 0 Å². The fraction of sp³-hybridized carbons (Fsp3) is 0.600. The highest BCUT2D eigenvalue weighted by molar-refractivity contribution is 9.08. The predicted octanol–water partition coefficient (Wildman–Crippen LogP) is 5.59. The quantitative estimate of drug-likeness (QED) is 0.427. The van der Waals surface area contributed by atoms with Crippen LogP contribution < -0.4 is 9.47 Å². The fourth-order valence-corrected chi connectivity index (χ4v) is 2.48. The molecule has 0 saturated carbocycles. The van der Waals surface area contributed by atoms with Crippen molar-refractivity contribution in [1.82, 2.24) is 0 Å². The van der Waals surface area contributed by atoms with Crippen molar-refractivity contribution in [3.05, 3.63) is 22.7 Å². The van der Waals surface area contributed by atoms with E-state index >= 15 is 0 Å². The van der Waals surface area contributed by atoms with E-state index in [2.05, 4.69) is 22.9 Å². The van der Waals surface area contributed by atoms with Crippen molar-refractivity contribution >= 4 is 27.5 Å². The summed E-state index contributed by atoms with van der Waals surface area (Å²) in [6, 6.07) is 3.86. The average molecular weight is 350 g/mol. The Hall–Kier alpha value is -0.410. The molecule has 0 bridgehead atoms. The highest BCUT2D eigenvalue weighted by Gasteiger charge is 2.11. The van der Waals surface area contributed by atoms with Gasteiger partial charge in [-0.2, -0.15) is 0 Å². The van der Waals surface area contributed by atoms with Crippen LogP contribution >= 0.6 is 27.5 Å². The molecule has 0 saturated heterocycles. The first-order chi connectivity index (χ1) is 9.22. The highest BCUT2D eigenvalue weighted by Crippen LogP contribution is 2.37. The van der Waals surface area contributed by atoms with E-state index in [1.165, 1.54) is 25.7 Å². The van der Waals surface area contributed by atoms with Crippen molar-refractivity contribution in [3.8, 4) is 11.5 Å². The molecule has 1 aromatic carbocycles. The molecule has 1 aromatic rings. The standard InChI is InChI=1S/C15H22BrClO2/c1-3-4-5-6-7-8-19-15-13(17)9-12(11-16)10-14(15)18-2/h9-10H,3-8,11H2,1-2H3. The van der Waals surface area contributed by atoms with Crippen molar-refractivity contribution in [2.24, 2.45) is 0 Å². The van der Waals surface area contributed by atoms with Gasteiger partial charge in [-0.1, -0.05) is 60.1 Å². The maximum atomic E-state index is 6.23. The molecule has 0 atom stereocenters. The van der Waals surface area contributed by atoms with Gasteiger partial charge in [0.25, 0.3) is 0 Å². The van der Waals surface area contributed by atoms with E-state index in [4.69, 9.17) is 21.1 Å². The molecule has 0 unspecified atom stereocenters. The minimum Gasteiger partial charge on any atom is -0.493 e. The minimum absolute atomic E-state index is 0.613. The van der Waals surface area contributed by atoms with E-state index in [0.717, 1.165) is 17.3 Å². The summed E-state index contributed by atoms with van der Waals surface area (Å²) in [6.45, 7) is 2.90. The smallest absolute Gasteiger partial charge is 0.179 e. The van der Waals surface area contributed by atoms with Gasteiger partial charge in [0.05, 0.1) is 18.7 Å². The zero-order valence-electron chi connectivity index (χ0n) is 11.7. The number of rotatable bonds is 9. The van der Waals surface area contributed by atoms with E-state index in [9.17, 15) is 0 Å². The Morgan fingerprint density at radius 2 is 1.89 bits per heavy atom. The maximum Gasteiger partial charge on any atom is 0.179 e. The third-order valence-electron chi connectivity index (χ3n) is 2.94. The molecule has 0 radical (unpaired) electrons. The molecule has 0 aliphatic heterocycles. The van der Waals surface area contributed by atoms with Crippen molar-refractivity contribution in [2.45, 2.75) is 44.4 Å².